The van der Waals surface area contributed by atoms with Gasteiger partial charge in [-0.2, -0.15) is 0 Å². The predicted octanol–water partition coefficient (Wildman–Crippen LogP) is 2.31. The number of carbonyl (C=O) groups excluding carboxylic acids is 1. The van der Waals surface area contributed by atoms with Crippen LogP contribution in [0, 0.1) is 0 Å². The van der Waals surface area contributed by atoms with E-state index in [-0.39, 0.29) is 38.8 Å². The Labute approximate surface area is 157 Å². The molecule has 7 nitrogen and oxygen atoms in total. The lowest BCUT2D eigenvalue weighted by atomic mass is 9.86. The number of aliphatic hydroxyl groups is 1. The van der Waals surface area contributed by atoms with Crippen molar-refractivity contribution < 1.29 is 23.8 Å². The molecule has 1 aromatic heterocycles. The molecule has 2 aromatic rings. The van der Waals surface area contributed by atoms with Crippen LogP contribution in [0.2, 0.25) is 10.0 Å². The minimum absolute atomic E-state index is 0.00909. The number of carbonyl (C=O) groups is 1. The van der Waals surface area contributed by atoms with Crippen molar-refractivity contribution in [3.8, 4) is 5.75 Å². The molecule has 0 amide bonds. The summed E-state index contributed by atoms with van der Waals surface area (Å²) in [5.74, 6) is -2.34. The van der Waals surface area contributed by atoms with E-state index in [0.717, 1.165) is 6.07 Å². The van der Waals surface area contributed by atoms with E-state index < -0.39 is 23.9 Å². The van der Waals surface area contributed by atoms with Crippen molar-refractivity contribution >= 4 is 29.2 Å². The van der Waals surface area contributed by atoms with Gasteiger partial charge in [0.05, 0.1) is 23.1 Å². The maximum atomic E-state index is 12.3. The van der Waals surface area contributed by atoms with E-state index in [2.05, 4.69) is 0 Å². The van der Waals surface area contributed by atoms with Gasteiger partial charge in [-0.3, -0.25) is 4.79 Å². The Morgan fingerprint density at radius 1 is 1.38 bits per heavy atom. The second-order valence-electron chi connectivity index (χ2n) is 5.38. The minimum Gasteiger partial charge on any atom is -0.465 e. The van der Waals surface area contributed by atoms with Crippen molar-refractivity contribution in [1.29, 1.82) is 0 Å². The van der Waals surface area contributed by atoms with E-state index in [1.54, 1.807) is 18.2 Å². The molecule has 3 N–H and O–H groups in total. The maximum absolute atomic E-state index is 12.3. The SMILES string of the molecule is COC(=O)C1=C(N)Oc2c(oc(CO)cc2=O)[C@H]1c1cccc(Cl)c1Cl. The van der Waals surface area contributed by atoms with Gasteiger partial charge in [0, 0.05) is 6.07 Å². The van der Waals surface area contributed by atoms with Gasteiger partial charge in [0.1, 0.15) is 17.9 Å². The average molecular weight is 398 g/mol. The van der Waals surface area contributed by atoms with Crippen LogP contribution in [0.3, 0.4) is 0 Å². The molecule has 0 aliphatic carbocycles. The first-order chi connectivity index (χ1) is 12.4. The number of fused-ring (bicyclic) bond motifs is 1. The number of hydrogen-bond acceptors (Lipinski definition) is 7. The summed E-state index contributed by atoms with van der Waals surface area (Å²) in [6, 6.07) is 5.87. The van der Waals surface area contributed by atoms with Crippen molar-refractivity contribution in [3.05, 3.63) is 73.1 Å². The van der Waals surface area contributed by atoms with Gasteiger partial charge >= 0.3 is 5.97 Å². The smallest absolute Gasteiger partial charge is 0.340 e. The number of hydrogen-bond donors (Lipinski definition) is 2. The van der Waals surface area contributed by atoms with E-state index in [4.69, 9.17) is 42.8 Å². The Morgan fingerprint density at radius 3 is 2.77 bits per heavy atom. The summed E-state index contributed by atoms with van der Waals surface area (Å²) in [7, 11) is 1.18. The zero-order valence-electron chi connectivity index (χ0n) is 13.4. The molecule has 0 saturated carbocycles. The van der Waals surface area contributed by atoms with Gasteiger partial charge in [-0.15, -0.1) is 0 Å². The van der Waals surface area contributed by atoms with Crippen LogP contribution in [-0.2, 0) is 16.1 Å². The summed E-state index contributed by atoms with van der Waals surface area (Å²) in [6.07, 6.45) is 0. The number of ether oxygens (including phenoxy) is 2. The van der Waals surface area contributed by atoms with Crippen molar-refractivity contribution in [2.24, 2.45) is 5.73 Å². The van der Waals surface area contributed by atoms with Crippen molar-refractivity contribution in [2.75, 3.05) is 7.11 Å². The van der Waals surface area contributed by atoms with Gasteiger partial charge in [-0.05, 0) is 11.6 Å². The summed E-state index contributed by atoms with van der Waals surface area (Å²) >= 11 is 12.4. The standard InChI is InChI=1S/C17H13Cl2NO6/c1-24-17(23)12-11(8-3-2-4-9(18)13(8)19)15-14(26-16(12)20)10(22)5-7(6-21)25-15/h2-5,11,21H,6,20H2,1H3/t11-/m0/s1. The molecule has 136 valence electrons. The summed E-state index contributed by atoms with van der Waals surface area (Å²) in [5, 5.41) is 9.73. The molecule has 0 radical (unpaired) electrons. The summed E-state index contributed by atoms with van der Waals surface area (Å²) < 4.78 is 15.7. The molecule has 0 fully saturated rings. The number of aliphatic hydroxyl groups excluding tert-OH is 1. The van der Waals surface area contributed by atoms with Crippen LogP contribution in [0.4, 0.5) is 0 Å². The zero-order valence-corrected chi connectivity index (χ0v) is 14.9. The van der Waals surface area contributed by atoms with Gasteiger partial charge in [0.25, 0.3) is 0 Å². The third-order valence-corrected chi connectivity index (χ3v) is 4.70. The van der Waals surface area contributed by atoms with Crippen LogP contribution in [0.5, 0.6) is 5.75 Å². The average Bonchev–Trinajstić information content (AvgIpc) is 2.63. The molecule has 0 spiro atoms. The van der Waals surface area contributed by atoms with Crippen LogP contribution in [0.1, 0.15) is 23.0 Å². The van der Waals surface area contributed by atoms with E-state index in [1.165, 1.54) is 7.11 Å². The van der Waals surface area contributed by atoms with E-state index in [9.17, 15) is 14.7 Å². The normalized spacial score (nSPS) is 16.1. The van der Waals surface area contributed by atoms with Crippen LogP contribution >= 0.6 is 23.2 Å². The van der Waals surface area contributed by atoms with Crippen molar-refractivity contribution in [3.63, 3.8) is 0 Å². The van der Waals surface area contributed by atoms with Gasteiger partial charge in [0.15, 0.2) is 5.76 Å². The number of esters is 1. The second kappa shape index (κ2) is 7.03. The molecule has 0 bridgehead atoms. The lowest BCUT2D eigenvalue weighted by molar-refractivity contribution is -0.136. The predicted molar refractivity (Wildman–Crippen MR) is 93.1 cm³/mol. The molecule has 3 rings (SSSR count). The quantitative estimate of drug-likeness (QED) is 0.763. The topological polar surface area (TPSA) is 112 Å². The largest absolute Gasteiger partial charge is 0.465 e. The molecule has 0 unspecified atom stereocenters. The van der Waals surface area contributed by atoms with Crippen LogP contribution in [0.15, 0.2) is 44.9 Å². The lowest BCUT2D eigenvalue weighted by Gasteiger charge is -2.27. The highest BCUT2D eigenvalue weighted by atomic mass is 35.5. The number of methoxy groups -OCH3 is 1. The monoisotopic (exact) mass is 397 g/mol. The number of benzene rings is 1. The van der Waals surface area contributed by atoms with Crippen LogP contribution in [0.25, 0.3) is 0 Å². The summed E-state index contributed by atoms with van der Waals surface area (Å²) in [6.45, 7) is -0.523. The Hall–Kier alpha value is -2.48. The number of nitrogens with two attached hydrogens (primary N) is 1. The van der Waals surface area contributed by atoms with E-state index in [1.807, 2.05) is 0 Å². The van der Waals surface area contributed by atoms with Crippen molar-refractivity contribution in [2.45, 2.75) is 12.5 Å². The molecule has 1 aliphatic heterocycles. The third-order valence-electron chi connectivity index (χ3n) is 3.86. The fourth-order valence-corrected chi connectivity index (χ4v) is 3.14. The molecular formula is C17H13Cl2NO6. The molecule has 26 heavy (non-hydrogen) atoms. The molecule has 1 aliphatic rings. The highest BCUT2D eigenvalue weighted by Crippen LogP contribution is 2.45. The fourth-order valence-electron chi connectivity index (χ4n) is 2.73. The molecule has 0 saturated heterocycles. The first-order valence-corrected chi connectivity index (χ1v) is 8.12. The Bertz CT molecular complexity index is 982. The Kier molecular flexibility index (Phi) is 4.95. The molecule has 1 aromatic carbocycles. The fraction of sp³-hybridized carbons (Fsp3) is 0.176. The number of rotatable bonds is 3. The van der Waals surface area contributed by atoms with Crippen LogP contribution < -0.4 is 15.9 Å². The highest BCUT2D eigenvalue weighted by Gasteiger charge is 2.40. The van der Waals surface area contributed by atoms with Crippen LogP contribution in [-0.4, -0.2) is 18.2 Å². The van der Waals surface area contributed by atoms with Gasteiger partial charge in [-0.25, -0.2) is 4.79 Å². The minimum atomic E-state index is -1.00. The Balaban J connectivity index is 2.36. The van der Waals surface area contributed by atoms with E-state index >= 15 is 0 Å². The number of halogens is 2. The van der Waals surface area contributed by atoms with E-state index in [0.29, 0.717) is 5.56 Å². The van der Waals surface area contributed by atoms with Gasteiger partial charge < -0.3 is 24.7 Å². The third kappa shape index (κ3) is 2.94. The van der Waals surface area contributed by atoms with Crippen molar-refractivity contribution in [1.82, 2.24) is 0 Å². The molecular weight excluding hydrogens is 385 g/mol. The first kappa shape index (κ1) is 18.3. The molecule has 1 atom stereocenters. The molecule has 2 heterocycles. The zero-order chi connectivity index (χ0) is 19.0. The maximum Gasteiger partial charge on any atom is 0.340 e. The first-order valence-electron chi connectivity index (χ1n) is 7.36. The van der Waals surface area contributed by atoms with Gasteiger partial charge in [-0.1, -0.05) is 35.3 Å². The summed E-state index contributed by atoms with van der Waals surface area (Å²) in [5.41, 5.74) is 5.58. The summed E-state index contributed by atoms with van der Waals surface area (Å²) in [4.78, 5) is 24.6. The second-order valence-corrected chi connectivity index (χ2v) is 6.16. The lowest BCUT2D eigenvalue weighted by Crippen LogP contribution is -2.30. The highest BCUT2D eigenvalue weighted by molar-refractivity contribution is 6.42. The molecule has 9 heteroatoms. The Morgan fingerprint density at radius 2 is 2.12 bits per heavy atom. The van der Waals surface area contributed by atoms with Gasteiger partial charge in [0.2, 0.25) is 17.1 Å².